The molecular weight excluding hydrogens is 875 g/mol. The molecule has 0 amide bonds. The number of carbonyl (C=O) groups excluding carboxylic acids is 2. The van der Waals surface area contributed by atoms with Crippen molar-refractivity contribution in [1.82, 2.24) is 9.97 Å². The Labute approximate surface area is 323 Å². The van der Waals surface area contributed by atoms with Crippen LogP contribution in [-0.4, -0.2) is 50.8 Å². The van der Waals surface area contributed by atoms with Gasteiger partial charge in [0, 0.05) is 29.7 Å². The summed E-state index contributed by atoms with van der Waals surface area (Å²) in [7, 11) is -0.266. The van der Waals surface area contributed by atoms with Crippen LogP contribution in [0.15, 0.2) is 76.3 Å². The van der Waals surface area contributed by atoms with E-state index < -0.39 is 56.3 Å². The van der Waals surface area contributed by atoms with E-state index in [1.54, 1.807) is 31.3 Å². The summed E-state index contributed by atoms with van der Waals surface area (Å²) in [6.45, 7) is 4.16. The smallest absolute Gasteiger partial charge is 0.387 e. The van der Waals surface area contributed by atoms with Crippen molar-refractivity contribution >= 4 is 60.9 Å². The van der Waals surface area contributed by atoms with E-state index in [1.165, 1.54) is 38.5 Å². The summed E-state index contributed by atoms with van der Waals surface area (Å²) in [5.74, 6) is 3.65. The van der Waals surface area contributed by atoms with E-state index in [9.17, 15) is 35.9 Å². The minimum absolute atomic E-state index is 0.167. The third-order valence-corrected chi connectivity index (χ3v) is 13.6. The van der Waals surface area contributed by atoms with Gasteiger partial charge in [0.25, 0.3) is 0 Å². The number of halogens is 7. The SMILES string of the molecule is CC(=O)OI(OC(C)=O)c1ccccc1.CC(N)=NC#N.FC(F)(F)c1ccc(C2CCSC2)cn1.N#CN=S1CCC(c2ccc(C(F)(F)F)nc2)C1. The predicted molar refractivity (Wildman–Crippen MR) is 201 cm³/mol. The topological polar surface area (TPSA) is 177 Å². The molecule has 0 spiro atoms. The van der Waals surface area contributed by atoms with Crippen LogP contribution in [0.1, 0.15) is 68.0 Å². The van der Waals surface area contributed by atoms with Crippen LogP contribution in [0.4, 0.5) is 26.3 Å². The van der Waals surface area contributed by atoms with Gasteiger partial charge >= 0.3 is 108 Å². The molecule has 11 nitrogen and oxygen atoms in total. The van der Waals surface area contributed by atoms with Gasteiger partial charge in [0.15, 0.2) is 0 Å². The van der Waals surface area contributed by atoms with Crippen LogP contribution in [0.5, 0.6) is 0 Å². The molecular formula is C34H36F6IN7O4S2. The molecule has 3 aromatic rings. The van der Waals surface area contributed by atoms with Crippen LogP contribution in [0.3, 0.4) is 0 Å². The van der Waals surface area contributed by atoms with Crippen LogP contribution in [-0.2, 0) is 38.8 Å². The van der Waals surface area contributed by atoms with Crippen LogP contribution in [0, 0.1) is 26.5 Å². The number of carbonyl (C=O) groups is 2. The molecule has 20 heteroatoms. The van der Waals surface area contributed by atoms with E-state index in [0.717, 1.165) is 62.7 Å². The molecule has 2 fully saturated rings. The van der Waals surface area contributed by atoms with E-state index in [2.05, 4.69) is 19.3 Å². The number of benzene rings is 1. The number of nitriles is 2. The maximum Gasteiger partial charge on any atom is 0.433 e. The monoisotopic (exact) mass is 911 g/mol. The van der Waals surface area contributed by atoms with Gasteiger partial charge in [-0.3, -0.25) is 9.97 Å². The Kier molecular flexibility index (Phi) is 19.4. The first kappa shape index (κ1) is 45.9. The van der Waals surface area contributed by atoms with Crippen molar-refractivity contribution in [2.45, 2.75) is 57.8 Å². The molecule has 0 bridgehead atoms. The summed E-state index contributed by atoms with van der Waals surface area (Å²) >= 11 is -0.756. The number of aromatic nitrogens is 2. The number of hydrogen-bond donors (Lipinski definition) is 1. The van der Waals surface area contributed by atoms with Crippen LogP contribution in [0.2, 0.25) is 0 Å². The largest absolute Gasteiger partial charge is 0.433 e. The minimum atomic E-state index is -4.39. The van der Waals surface area contributed by atoms with Gasteiger partial charge in [-0.2, -0.15) is 58.0 Å². The summed E-state index contributed by atoms with van der Waals surface area (Å²) < 4.78 is 88.3. The molecule has 0 saturated carbocycles. The van der Waals surface area contributed by atoms with Gasteiger partial charge < -0.3 is 5.73 Å². The molecule has 0 radical (unpaired) electrons. The van der Waals surface area contributed by atoms with Gasteiger partial charge in [-0.25, -0.2) is 0 Å². The number of nitrogens with two attached hydrogens (primary N) is 1. The molecule has 5 rings (SSSR count). The number of pyridine rings is 2. The second kappa shape index (κ2) is 22.8. The van der Waals surface area contributed by atoms with E-state index >= 15 is 0 Å². The molecule has 292 valence electrons. The number of thioether (sulfide) groups is 1. The number of alkyl halides is 6. The first-order chi connectivity index (χ1) is 25.4. The van der Waals surface area contributed by atoms with Gasteiger partial charge in [-0.05, 0) is 60.6 Å². The number of rotatable bonds is 5. The fraction of sp³-hybridized carbons (Fsp3) is 0.382. The maximum absolute atomic E-state index is 12.3. The Hall–Kier alpha value is -4.28. The van der Waals surface area contributed by atoms with Gasteiger partial charge in [0.1, 0.15) is 17.2 Å². The maximum atomic E-state index is 12.3. The molecule has 2 saturated heterocycles. The van der Waals surface area contributed by atoms with Crippen molar-refractivity contribution in [1.29, 1.82) is 10.5 Å². The second-order valence-corrected chi connectivity index (χ2v) is 17.4. The third-order valence-electron chi connectivity index (χ3n) is 6.79. The van der Waals surface area contributed by atoms with E-state index in [0.29, 0.717) is 11.8 Å². The Morgan fingerprint density at radius 1 is 0.852 bits per heavy atom. The number of amidine groups is 1. The molecule has 54 heavy (non-hydrogen) atoms. The zero-order valence-electron chi connectivity index (χ0n) is 29.1. The van der Waals surface area contributed by atoms with E-state index in [1.807, 2.05) is 30.0 Å². The quantitative estimate of drug-likeness (QED) is 0.0861. The summed E-state index contributed by atoms with van der Waals surface area (Å²) in [5, 5.41) is 16.2. The Bertz CT molecular complexity index is 1780. The fourth-order valence-corrected chi connectivity index (χ4v) is 10.2. The van der Waals surface area contributed by atoms with Gasteiger partial charge in [0.05, 0.1) is 0 Å². The molecule has 2 N–H and O–H groups in total. The number of aliphatic imine (C=N–C) groups is 1. The molecule has 2 aromatic heterocycles. The average Bonchev–Trinajstić information content (AvgIpc) is 3.82. The molecule has 2 aliphatic rings. The summed E-state index contributed by atoms with van der Waals surface area (Å²) in [5.41, 5.74) is 4.97. The van der Waals surface area contributed by atoms with Gasteiger partial charge in [0.2, 0.25) is 12.4 Å². The fourth-order valence-electron chi connectivity index (χ4n) is 4.41. The Balaban J connectivity index is 0.000000262. The predicted octanol–water partition coefficient (Wildman–Crippen LogP) is 8.35. The molecule has 1 aromatic carbocycles. The van der Waals surface area contributed by atoms with Gasteiger partial charge in [-0.1, -0.05) is 22.8 Å². The van der Waals surface area contributed by atoms with Gasteiger partial charge in [-0.15, -0.1) is 0 Å². The molecule has 4 heterocycles. The number of hydrogen-bond acceptors (Lipinski definition) is 11. The summed E-state index contributed by atoms with van der Waals surface area (Å²) in [6, 6.07) is 14.1. The molecule has 0 aliphatic carbocycles. The molecule has 2 aliphatic heterocycles. The van der Waals surface area contributed by atoms with E-state index in [-0.39, 0.29) is 16.6 Å². The summed E-state index contributed by atoms with van der Waals surface area (Å²) in [4.78, 5) is 31.7. The standard InChI is InChI=1S/C11H10F3N3S.C10H10F3NS.C10H11IO4.C3H5N3/c12-11(13,14)10-2-1-8(5-16-10)9-3-4-18(6-9)17-7-15;11-10(12,13)9-2-1-7(5-14-9)8-3-4-15-6-8;1-8(12)14-11(15-9(2)13)10-6-4-3-5-7-10;1-3(5)6-2-4/h1-2,5,9H,3-4,6H2;1-2,5,8H,3-4,6H2;3-7H,1-2H3;1H3,(H2,5,6). The van der Waals surface area contributed by atoms with Crippen molar-refractivity contribution in [3.63, 3.8) is 0 Å². The van der Waals surface area contributed by atoms with E-state index in [4.69, 9.17) is 22.4 Å². The van der Waals surface area contributed by atoms with Crippen molar-refractivity contribution in [2.75, 3.05) is 23.0 Å². The van der Waals surface area contributed by atoms with Crippen molar-refractivity contribution < 1.29 is 42.1 Å². The van der Waals surface area contributed by atoms with Crippen molar-refractivity contribution in [2.24, 2.45) is 15.1 Å². The normalized spacial score (nSPS) is 18.2. The zero-order chi connectivity index (χ0) is 40.3. The molecule has 3 unspecified atom stereocenters. The van der Waals surface area contributed by atoms with Crippen LogP contribution < -0.4 is 5.73 Å². The first-order valence-corrected chi connectivity index (χ1v) is 21.2. The Morgan fingerprint density at radius 2 is 1.39 bits per heavy atom. The zero-order valence-corrected chi connectivity index (χ0v) is 32.9. The molecule has 3 atom stereocenters. The minimum Gasteiger partial charge on any atom is -0.387 e. The third kappa shape index (κ3) is 17.2. The first-order valence-electron chi connectivity index (χ1n) is 15.7. The van der Waals surface area contributed by atoms with Crippen molar-refractivity contribution in [3.05, 3.63) is 93.1 Å². The Morgan fingerprint density at radius 3 is 1.76 bits per heavy atom. The number of nitrogens with zero attached hydrogens (tertiary/aromatic N) is 6. The van der Waals surface area contributed by atoms with Crippen LogP contribution >= 0.6 is 32.4 Å². The average molecular weight is 912 g/mol. The second-order valence-electron chi connectivity index (χ2n) is 11.0. The summed E-state index contributed by atoms with van der Waals surface area (Å²) in [6.07, 6.45) is -0.878. The van der Waals surface area contributed by atoms with Crippen LogP contribution in [0.25, 0.3) is 0 Å². The van der Waals surface area contributed by atoms with Crippen molar-refractivity contribution in [3.8, 4) is 12.4 Å².